The number of ether oxygens (including phenoxy) is 19. The van der Waals surface area contributed by atoms with Gasteiger partial charge in [0.05, 0.1) is 65.6 Å². The van der Waals surface area contributed by atoms with Crippen LogP contribution in [0.25, 0.3) is 0 Å². The Morgan fingerprint density at radius 2 is 0.500 bits per heavy atom. The molecule has 10 fully saturated rings. The highest BCUT2D eigenvalue weighted by atomic mass is 16.8. The summed E-state index contributed by atoms with van der Waals surface area (Å²) in [6, 6.07) is -7.69. The number of aliphatic hydroxyl groups is 27. The molecular weight excluding hydrogens is 1670 g/mol. The first-order valence-corrected chi connectivity index (χ1v) is 39.0. The highest BCUT2D eigenvalue weighted by molar-refractivity contribution is 5.74. The summed E-state index contributed by atoms with van der Waals surface area (Å²) in [6.45, 7) is -4.83. The third-order valence-corrected chi connectivity index (χ3v) is 22.4. The van der Waals surface area contributed by atoms with Crippen LogP contribution in [-0.2, 0) is 109 Å². The minimum absolute atomic E-state index is 0.846. The molecule has 10 saturated heterocycles. The van der Waals surface area contributed by atoms with E-state index < -0.39 is 390 Å². The molecule has 0 aromatic carbocycles. The average molecular weight is 1790 g/mol. The molecule has 0 aliphatic carbocycles. The standard InChI is InChI=1S/C68H114N4O50/c1-15-33(84)43(94)48(99)63(106-15)104-14-28-55(39(90)29(59(103)107-28)69-16(2)80)116-60-30(70-17(3)81)40(91)54(26(12-79)112-60)119-66-51(102)56(120-68-58(47(98)37(88)23(9-76)111-68)122-62-32(72-19(5)83)42(93)53(25(11-78)114-62)118-65-50(101)45(96)35(86)21(7-74)109-65)38(89)27(115-66)13-105-67-57(46(97)36(87)22(8-75)110-67)121-61-31(71-18(4)82)41(92)52(24(10-77)113-61)117-64-49(100)44(95)34(85)20(6-73)108-64/h15,20-68,73-79,84-103H,6-14H2,1-5H3,(H,69,80)(H,70,81)(H,71,82)(H,72,83)/t15-,20-,21-,22-,23-,24-,25-,26-,27-,28-,29-,30-,31-,32-,33+,34+,35+,36-,37-,38-,39-,40-,41-,42-,43+,44+,45+,46+,47+,48-,49-,50-,51+,52-,53-,54-,55-,56+,57+,58+,59-,60+,61+,62+,63+,64+,65+,66+,67+,68-/m1/s1. The Morgan fingerprint density at radius 1 is 0.230 bits per heavy atom. The van der Waals surface area contributed by atoms with Gasteiger partial charge in [-0.2, -0.15) is 0 Å². The van der Waals surface area contributed by atoms with Gasteiger partial charge in [0.25, 0.3) is 0 Å². The monoisotopic (exact) mass is 1790 g/mol. The minimum Gasteiger partial charge on any atom is -0.394 e. The molecular formula is C68H114N4O50. The summed E-state index contributed by atoms with van der Waals surface area (Å²) in [7, 11) is 0. The predicted octanol–water partition coefficient (Wildman–Crippen LogP) is -21.2. The third kappa shape index (κ3) is 22.0. The van der Waals surface area contributed by atoms with Crippen molar-refractivity contribution in [2.24, 2.45) is 0 Å². The van der Waals surface area contributed by atoms with Gasteiger partial charge in [0, 0.05) is 27.7 Å². The Kier molecular flexibility index (Phi) is 35.8. The zero-order valence-corrected chi connectivity index (χ0v) is 65.7. The lowest BCUT2D eigenvalue weighted by atomic mass is 9.93. The van der Waals surface area contributed by atoms with Crippen molar-refractivity contribution in [3.05, 3.63) is 0 Å². The molecule has 54 nitrogen and oxygen atoms in total. The molecule has 0 aromatic rings. The molecule has 0 unspecified atom stereocenters. The largest absolute Gasteiger partial charge is 0.394 e. The van der Waals surface area contributed by atoms with Crippen LogP contribution in [-0.4, -0.2) is 528 Å². The summed E-state index contributed by atoms with van der Waals surface area (Å²) >= 11 is 0. The lowest BCUT2D eigenvalue weighted by Crippen LogP contribution is -2.71. The first-order chi connectivity index (χ1) is 57.7. The highest BCUT2D eigenvalue weighted by Crippen LogP contribution is 2.41. The summed E-state index contributed by atoms with van der Waals surface area (Å²) < 4.78 is 113. The van der Waals surface area contributed by atoms with Gasteiger partial charge in [-0.3, -0.25) is 19.2 Å². The molecule has 0 bridgehead atoms. The SMILES string of the molecule is CC(=O)N[C@@H]1[C@@H](O)[C@H](O[C@@H]2O[C@H](CO)[C@@H](O[C@@H]3O[C@H](CO[C@H]4O[C@H](CO)[C@@H](O)[C@H](O)[C@@H]4O[C@@H]4O[C@H](CO)[C@@H](O[C@@H]5O[C@H](CO)[C@H](O)[C@H](O)[C@H]5O)[C@H](O)[C@H]4NC(C)=O)[C@@H](O)[C@H](O[C@H]4O[C@H](CO)[C@@H](O)[C@H](O)[C@@H]4O[C@@H]4O[C@H](CO)[C@@H](O[C@@H]5O[C@H](CO)[C@H](O)[C@H](O)[C@H]5O)[C@H](O)[C@H]4NC(C)=O)[C@@H]3O)[C@H](O)[C@H]2NC(C)=O)[C@@H](CO[C@H]2O[C@H](C)[C@H](O)[C@H](O)[C@H]2O)O[C@H]1O. The molecule has 0 aromatic heterocycles. The van der Waals surface area contributed by atoms with Crippen molar-refractivity contribution in [1.82, 2.24) is 21.3 Å². The van der Waals surface area contributed by atoms with Crippen LogP contribution < -0.4 is 21.3 Å². The van der Waals surface area contributed by atoms with Crippen molar-refractivity contribution >= 4 is 23.6 Å². The summed E-state index contributed by atoms with van der Waals surface area (Å²) in [4.78, 5) is 51.6. The van der Waals surface area contributed by atoms with Gasteiger partial charge >= 0.3 is 0 Å². The summed E-state index contributed by atoms with van der Waals surface area (Å²) in [5.74, 6) is -3.76. The van der Waals surface area contributed by atoms with Crippen LogP contribution in [0.1, 0.15) is 34.6 Å². The second-order valence-corrected chi connectivity index (χ2v) is 31.0. The molecule has 122 heavy (non-hydrogen) atoms. The molecule has 0 spiro atoms. The van der Waals surface area contributed by atoms with E-state index in [9.17, 15) is 157 Å². The van der Waals surface area contributed by atoms with Crippen LogP contribution in [0.15, 0.2) is 0 Å². The van der Waals surface area contributed by atoms with Crippen LogP contribution in [0.4, 0.5) is 0 Å². The van der Waals surface area contributed by atoms with Crippen LogP contribution in [0.2, 0.25) is 0 Å². The van der Waals surface area contributed by atoms with Gasteiger partial charge in [0.15, 0.2) is 62.9 Å². The van der Waals surface area contributed by atoms with Crippen LogP contribution in [0.3, 0.4) is 0 Å². The highest BCUT2D eigenvalue weighted by Gasteiger charge is 2.62. The molecule has 0 radical (unpaired) electrons. The molecule has 10 aliphatic rings. The molecule has 54 heteroatoms. The fourth-order valence-electron chi connectivity index (χ4n) is 15.8. The van der Waals surface area contributed by atoms with Gasteiger partial charge in [-0.25, -0.2) is 0 Å². The topological polar surface area (TPSA) is 838 Å². The van der Waals surface area contributed by atoms with Gasteiger partial charge in [-0.1, -0.05) is 0 Å². The van der Waals surface area contributed by atoms with E-state index in [1.165, 1.54) is 6.92 Å². The smallest absolute Gasteiger partial charge is 0.217 e. The van der Waals surface area contributed by atoms with E-state index >= 15 is 0 Å². The van der Waals surface area contributed by atoms with Crippen LogP contribution in [0, 0.1) is 0 Å². The van der Waals surface area contributed by atoms with Crippen molar-refractivity contribution in [1.29, 1.82) is 0 Å². The Hall–Kier alpha value is -3.96. The second-order valence-electron chi connectivity index (χ2n) is 31.0. The lowest BCUT2D eigenvalue weighted by molar-refractivity contribution is -0.399. The van der Waals surface area contributed by atoms with Crippen molar-refractivity contribution < 1.29 is 247 Å². The zero-order valence-electron chi connectivity index (χ0n) is 65.7. The molecule has 50 atom stereocenters. The third-order valence-electron chi connectivity index (χ3n) is 22.4. The fraction of sp³-hybridized carbons (Fsp3) is 0.941. The normalized spacial score (nSPS) is 49.7. The maximum atomic E-state index is 13.3. The minimum atomic E-state index is -2.63. The lowest BCUT2D eigenvalue weighted by Gasteiger charge is -2.51. The van der Waals surface area contributed by atoms with Crippen molar-refractivity contribution in [3.8, 4) is 0 Å². The Morgan fingerprint density at radius 3 is 0.893 bits per heavy atom. The molecule has 4 amide bonds. The number of carbonyl (C=O) groups is 4. The van der Waals surface area contributed by atoms with Gasteiger partial charge < -0.3 is 249 Å². The van der Waals surface area contributed by atoms with Crippen LogP contribution >= 0.6 is 0 Å². The van der Waals surface area contributed by atoms with Crippen molar-refractivity contribution in [2.45, 2.75) is 341 Å². The van der Waals surface area contributed by atoms with E-state index in [0.29, 0.717) is 0 Å². The van der Waals surface area contributed by atoms with Crippen molar-refractivity contribution in [2.75, 3.05) is 59.5 Å². The van der Waals surface area contributed by atoms with Gasteiger partial charge in [-0.15, -0.1) is 0 Å². The number of hydrogen-bond donors (Lipinski definition) is 31. The molecule has 10 aliphatic heterocycles. The summed E-state index contributed by atoms with van der Waals surface area (Å²) in [5, 5.41) is 310. The Balaban J connectivity index is 0.983. The quantitative estimate of drug-likeness (QED) is 0.0306. The van der Waals surface area contributed by atoms with Gasteiger partial charge in [0.1, 0.15) is 238 Å². The predicted molar refractivity (Wildman–Crippen MR) is 375 cm³/mol. The molecule has 31 N–H and O–H groups in total. The molecule has 706 valence electrons. The number of amides is 4. The molecule has 0 saturated carbocycles. The first kappa shape index (κ1) is 100. The number of rotatable bonds is 31. The number of hydrogen-bond acceptors (Lipinski definition) is 50. The van der Waals surface area contributed by atoms with E-state index in [0.717, 1.165) is 27.7 Å². The van der Waals surface area contributed by atoms with Crippen molar-refractivity contribution in [3.63, 3.8) is 0 Å². The van der Waals surface area contributed by atoms with E-state index in [2.05, 4.69) is 21.3 Å². The fourth-order valence-corrected chi connectivity index (χ4v) is 15.8. The van der Waals surface area contributed by atoms with E-state index in [-0.39, 0.29) is 0 Å². The summed E-state index contributed by atoms with van der Waals surface area (Å²) in [5.41, 5.74) is 0. The maximum Gasteiger partial charge on any atom is 0.217 e. The van der Waals surface area contributed by atoms with E-state index in [1.807, 2.05) is 0 Å². The van der Waals surface area contributed by atoms with E-state index in [4.69, 9.17) is 90.0 Å². The molecule has 10 heterocycles. The number of carbonyl (C=O) groups excluding carboxylic acids is 4. The van der Waals surface area contributed by atoms with Gasteiger partial charge in [-0.05, 0) is 6.92 Å². The molecule has 10 rings (SSSR count). The van der Waals surface area contributed by atoms with Gasteiger partial charge in [0.2, 0.25) is 23.6 Å². The van der Waals surface area contributed by atoms with E-state index in [1.54, 1.807) is 0 Å². The first-order valence-electron chi connectivity index (χ1n) is 39.0. The zero-order chi connectivity index (χ0) is 89.8. The average Bonchev–Trinajstić information content (AvgIpc) is 0.770. The summed E-state index contributed by atoms with van der Waals surface area (Å²) in [6.07, 6.45) is -95.2. The maximum absolute atomic E-state index is 13.3. The Bertz CT molecular complexity index is 3290. The number of aliphatic hydroxyl groups excluding tert-OH is 27. The van der Waals surface area contributed by atoms with Crippen LogP contribution in [0.5, 0.6) is 0 Å². The Labute approximate surface area is 691 Å². The second kappa shape index (κ2) is 43.6. The number of nitrogens with one attached hydrogen (secondary N) is 4.